The molecule has 0 saturated carbocycles. The Bertz CT molecular complexity index is 425. The van der Waals surface area contributed by atoms with Crippen molar-refractivity contribution in [3.05, 3.63) is 21.9 Å². The highest BCUT2D eigenvalue weighted by atomic mass is 79.9. The van der Waals surface area contributed by atoms with Gasteiger partial charge in [0.25, 0.3) is 0 Å². The lowest BCUT2D eigenvalue weighted by atomic mass is 10.3. The van der Waals surface area contributed by atoms with E-state index in [1.54, 1.807) is 6.07 Å². The molecule has 0 radical (unpaired) electrons. The zero-order chi connectivity index (χ0) is 12.1. The molecule has 1 rings (SSSR count). The summed E-state index contributed by atoms with van der Waals surface area (Å²) in [5.74, 6) is -1.43. The predicted octanol–water partition coefficient (Wildman–Crippen LogP) is 2.30. The number of aromatic nitrogens is 1. The van der Waals surface area contributed by atoms with Crippen molar-refractivity contribution in [1.29, 1.82) is 0 Å². The van der Waals surface area contributed by atoms with E-state index in [1.807, 2.05) is 0 Å². The van der Waals surface area contributed by atoms with Gasteiger partial charge in [0.05, 0.1) is 12.1 Å². The number of carboxylic acids is 1. The molecular formula is C9H8BrClN2O3. The van der Waals surface area contributed by atoms with Crippen molar-refractivity contribution in [1.82, 2.24) is 4.98 Å². The summed E-state index contributed by atoms with van der Waals surface area (Å²) < 4.78 is 0.672. The van der Waals surface area contributed by atoms with Crippen LogP contribution in [0.1, 0.15) is 12.8 Å². The van der Waals surface area contributed by atoms with E-state index in [0.29, 0.717) is 10.2 Å². The zero-order valence-electron chi connectivity index (χ0n) is 8.04. The molecule has 1 aromatic rings. The monoisotopic (exact) mass is 306 g/mol. The summed E-state index contributed by atoms with van der Waals surface area (Å²) in [6.45, 7) is 0. The van der Waals surface area contributed by atoms with Crippen molar-refractivity contribution in [2.75, 3.05) is 5.32 Å². The fraction of sp³-hybridized carbons (Fsp3) is 0.222. The number of aliphatic carboxylic acids is 1. The van der Waals surface area contributed by atoms with Gasteiger partial charge >= 0.3 is 5.97 Å². The summed E-state index contributed by atoms with van der Waals surface area (Å²) in [5.41, 5.74) is 0.353. The minimum atomic E-state index is -1.02. The summed E-state index contributed by atoms with van der Waals surface area (Å²) in [7, 11) is 0. The Morgan fingerprint density at radius 2 is 2.19 bits per heavy atom. The molecule has 0 aromatic carbocycles. The molecule has 0 aliphatic heterocycles. The van der Waals surface area contributed by atoms with Crippen LogP contribution in [0.4, 0.5) is 5.69 Å². The second kappa shape index (κ2) is 5.81. The highest BCUT2D eigenvalue weighted by Gasteiger charge is 2.09. The maximum absolute atomic E-state index is 11.3. The SMILES string of the molecule is O=C(O)CCC(=O)Nc1cc(Br)cnc1Cl. The fourth-order valence-electron chi connectivity index (χ4n) is 0.943. The van der Waals surface area contributed by atoms with Crippen LogP contribution < -0.4 is 5.32 Å². The predicted molar refractivity (Wildman–Crippen MR) is 62.4 cm³/mol. The van der Waals surface area contributed by atoms with Gasteiger partial charge in [-0.2, -0.15) is 0 Å². The Balaban J connectivity index is 2.62. The molecular weight excluding hydrogens is 299 g/mol. The minimum absolute atomic E-state index is 0.0990. The Morgan fingerprint density at radius 1 is 1.50 bits per heavy atom. The first-order chi connectivity index (χ1) is 7.49. The van der Waals surface area contributed by atoms with Gasteiger partial charge in [-0.25, -0.2) is 4.98 Å². The third kappa shape index (κ3) is 4.16. The topological polar surface area (TPSA) is 79.3 Å². The third-order valence-electron chi connectivity index (χ3n) is 1.65. The molecule has 0 aliphatic carbocycles. The minimum Gasteiger partial charge on any atom is -0.481 e. The van der Waals surface area contributed by atoms with Crippen molar-refractivity contribution >= 4 is 45.1 Å². The van der Waals surface area contributed by atoms with Gasteiger partial charge in [0, 0.05) is 17.1 Å². The van der Waals surface area contributed by atoms with Crippen LogP contribution >= 0.6 is 27.5 Å². The van der Waals surface area contributed by atoms with Crippen LogP contribution in [0.3, 0.4) is 0 Å². The summed E-state index contributed by atoms with van der Waals surface area (Å²) in [6.07, 6.45) is 1.18. The first kappa shape index (κ1) is 12.9. The van der Waals surface area contributed by atoms with Gasteiger partial charge in [-0.05, 0) is 22.0 Å². The van der Waals surface area contributed by atoms with Gasteiger partial charge in [0.15, 0.2) is 5.15 Å². The summed E-state index contributed by atoms with van der Waals surface area (Å²) in [6, 6.07) is 1.59. The number of amides is 1. The highest BCUT2D eigenvalue weighted by Crippen LogP contribution is 2.23. The van der Waals surface area contributed by atoms with E-state index in [4.69, 9.17) is 16.7 Å². The number of halogens is 2. The number of carbonyl (C=O) groups excluding carboxylic acids is 1. The average Bonchev–Trinajstić information content (AvgIpc) is 2.20. The smallest absolute Gasteiger partial charge is 0.303 e. The van der Waals surface area contributed by atoms with Gasteiger partial charge in [0.2, 0.25) is 5.91 Å². The van der Waals surface area contributed by atoms with Crippen LogP contribution in [-0.4, -0.2) is 22.0 Å². The van der Waals surface area contributed by atoms with E-state index in [-0.39, 0.29) is 18.0 Å². The lowest BCUT2D eigenvalue weighted by Crippen LogP contribution is -2.13. The number of nitrogens with zero attached hydrogens (tertiary/aromatic N) is 1. The van der Waals surface area contributed by atoms with Crippen molar-refractivity contribution in [3.8, 4) is 0 Å². The van der Waals surface area contributed by atoms with Crippen LogP contribution in [0.5, 0.6) is 0 Å². The van der Waals surface area contributed by atoms with E-state index in [0.717, 1.165) is 0 Å². The molecule has 1 aromatic heterocycles. The number of anilines is 1. The molecule has 7 heteroatoms. The average molecular weight is 308 g/mol. The van der Waals surface area contributed by atoms with Crippen LogP contribution in [0, 0.1) is 0 Å². The molecule has 2 N–H and O–H groups in total. The van der Waals surface area contributed by atoms with E-state index >= 15 is 0 Å². The van der Waals surface area contributed by atoms with Gasteiger partial charge < -0.3 is 10.4 Å². The molecule has 0 saturated heterocycles. The maximum atomic E-state index is 11.3. The summed E-state index contributed by atoms with van der Waals surface area (Å²) in [4.78, 5) is 25.4. The lowest BCUT2D eigenvalue weighted by Gasteiger charge is -2.05. The number of pyridine rings is 1. The van der Waals surface area contributed by atoms with E-state index in [1.165, 1.54) is 6.20 Å². The summed E-state index contributed by atoms with van der Waals surface area (Å²) in [5, 5.41) is 11.0. The molecule has 86 valence electrons. The highest BCUT2D eigenvalue weighted by molar-refractivity contribution is 9.10. The zero-order valence-corrected chi connectivity index (χ0v) is 10.4. The molecule has 0 fully saturated rings. The number of hydrogen-bond acceptors (Lipinski definition) is 3. The second-order valence-electron chi connectivity index (χ2n) is 2.93. The molecule has 0 spiro atoms. The number of rotatable bonds is 4. The molecule has 0 unspecified atom stereocenters. The van der Waals surface area contributed by atoms with Crippen molar-refractivity contribution < 1.29 is 14.7 Å². The third-order valence-corrected chi connectivity index (χ3v) is 2.38. The Morgan fingerprint density at radius 3 is 2.81 bits per heavy atom. The molecule has 1 amide bonds. The standard InChI is InChI=1S/C9H8BrClN2O3/c10-5-3-6(9(11)12-4-5)13-7(14)1-2-8(15)16/h3-4H,1-2H2,(H,13,14)(H,15,16). The fourth-order valence-corrected chi connectivity index (χ4v) is 1.43. The number of carbonyl (C=O) groups is 2. The normalized spacial score (nSPS) is 9.88. The maximum Gasteiger partial charge on any atom is 0.303 e. The van der Waals surface area contributed by atoms with Gasteiger partial charge in [0.1, 0.15) is 0 Å². The van der Waals surface area contributed by atoms with Crippen LogP contribution in [-0.2, 0) is 9.59 Å². The van der Waals surface area contributed by atoms with E-state index in [2.05, 4.69) is 26.2 Å². The quantitative estimate of drug-likeness (QED) is 0.837. The van der Waals surface area contributed by atoms with Crippen molar-refractivity contribution in [2.24, 2.45) is 0 Å². The Kier molecular flexibility index (Phi) is 4.70. The van der Waals surface area contributed by atoms with Gasteiger partial charge in [-0.1, -0.05) is 11.6 Å². The molecule has 0 bridgehead atoms. The van der Waals surface area contributed by atoms with Crippen molar-refractivity contribution in [2.45, 2.75) is 12.8 Å². The van der Waals surface area contributed by atoms with Crippen LogP contribution in [0.15, 0.2) is 16.7 Å². The van der Waals surface area contributed by atoms with E-state index in [9.17, 15) is 9.59 Å². The second-order valence-corrected chi connectivity index (χ2v) is 4.21. The number of hydrogen-bond donors (Lipinski definition) is 2. The molecule has 5 nitrogen and oxygen atoms in total. The van der Waals surface area contributed by atoms with Gasteiger partial charge in [-0.15, -0.1) is 0 Å². The Hall–Kier alpha value is -1.14. The van der Waals surface area contributed by atoms with Crippen LogP contribution in [0.2, 0.25) is 5.15 Å². The molecule has 0 aliphatic rings. The number of nitrogens with one attached hydrogen (secondary N) is 1. The first-order valence-corrected chi connectivity index (χ1v) is 5.49. The van der Waals surface area contributed by atoms with Crippen LogP contribution in [0.25, 0.3) is 0 Å². The van der Waals surface area contributed by atoms with Crippen molar-refractivity contribution in [3.63, 3.8) is 0 Å². The Labute approximate surface area is 105 Å². The molecule has 0 atom stereocenters. The molecule has 1 heterocycles. The van der Waals surface area contributed by atoms with E-state index < -0.39 is 11.9 Å². The summed E-state index contributed by atoms with van der Waals surface area (Å²) >= 11 is 8.92. The molecule has 16 heavy (non-hydrogen) atoms. The lowest BCUT2D eigenvalue weighted by molar-refractivity contribution is -0.138. The number of carboxylic acid groups (broad SMARTS) is 1. The largest absolute Gasteiger partial charge is 0.481 e. The van der Waals surface area contributed by atoms with Gasteiger partial charge in [-0.3, -0.25) is 9.59 Å². The first-order valence-electron chi connectivity index (χ1n) is 4.31.